The molecule has 6 heteroatoms. The maximum atomic E-state index is 5.30. The van der Waals surface area contributed by atoms with Crippen LogP contribution >= 0.6 is 0 Å². The van der Waals surface area contributed by atoms with E-state index in [1.165, 1.54) is 12.0 Å². The second-order valence-electron chi connectivity index (χ2n) is 7.89. The summed E-state index contributed by atoms with van der Waals surface area (Å²) in [6.07, 6.45) is 2.91. The number of aryl methyl sites for hydroxylation is 1. The molecule has 0 radical (unpaired) electrons. The zero-order valence-corrected chi connectivity index (χ0v) is 17.0. The number of guanidine groups is 1. The minimum atomic E-state index is 0.373. The minimum Gasteiger partial charge on any atom is -0.357 e. The van der Waals surface area contributed by atoms with E-state index in [0.29, 0.717) is 11.3 Å². The Labute approximate surface area is 162 Å². The molecule has 1 aliphatic rings. The molecule has 0 atom stereocenters. The molecule has 0 amide bonds. The zero-order chi connectivity index (χ0) is 19.3. The van der Waals surface area contributed by atoms with Crippen LogP contribution in [0.15, 0.2) is 33.8 Å². The second kappa shape index (κ2) is 8.55. The molecule has 1 aromatic carbocycles. The molecule has 6 nitrogen and oxygen atoms in total. The van der Waals surface area contributed by atoms with Gasteiger partial charge in [-0.3, -0.25) is 4.99 Å². The number of hydrogen-bond acceptors (Lipinski definition) is 4. The van der Waals surface area contributed by atoms with E-state index in [1.54, 1.807) is 0 Å². The van der Waals surface area contributed by atoms with E-state index in [2.05, 4.69) is 53.3 Å². The van der Waals surface area contributed by atoms with Crippen LogP contribution in [0.4, 0.5) is 0 Å². The molecule has 1 aliphatic heterocycles. The minimum absolute atomic E-state index is 0.373. The normalized spacial score (nSPS) is 16.7. The van der Waals surface area contributed by atoms with Gasteiger partial charge in [0.2, 0.25) is 0 Å². The standard InChI is InChI=1S/C21H31N5O/c1-5-18-24-19(27-25-18)17-9-7-16(8-10-17)11-13-23-20(22-6-2)26-14-12-21(3,4)15-26/h7-10H,5-6,11-15H2,1-4H3,(H,22,23). The zero-order valence-electron chi connectivity index (χ0n) is 17.0. The summed E-state index contributed by atoms with van der Waals surface area (Å²) < 4.78 is 5.30. The van der Waals surface area contributed by atoms with Crippen LogP contribution in [0.25, 0.3) is 11.5 Å². The molecule has 1 saturated heterocycles. The van der Waals surface area contributed by atoms with Gasteiger partial charge >= 0.3 is 0 Å². The van der Waals surface area contributed by atoms with Crippen LogP contribution in [-0.2, 0) is 12.8 Å². The van der Waals surface area contributed by atoms with Gasteiger partial charge in [-0.05, 0) is 42.9 Å². The molecule has 0 aliphatic carbocycles. The van der Waals surface area contributed by atoms with Crippen molar-refractivity contribution in [2.45, 2.75) is 47.0 Å². The first-order valence-corrected chi connectivity index (χ1v) is 9.96. The Balaban J connectivity index is 1.59. The number of rotatable bonds is 6. The van der Waals surface area contributed by atoms with Crippen molar-refractivity contribution in [3.63, 3.8) is 0 Å². The monoisotopic (exact) mass is 369 g/mol. The Hall–Kier alpha value is -2.37. The van der Waals surface area contributed by atoms with Crippen molar-refractivity contribution in [1.29, 1.82) is 0 Å². The van der Waals surface area contributed by atoms with Gasteiger partial charge in [0.15, 0.2) is 11.8 Å². The lowest BCUT2D eigenvalue weighted by Crippen LogP contribution is -2.40. The Morgan fingerprint density at radius 3 is 2.63 bits per heavy atom. The molecule has 1 aromatic heterocycles. The van der Waals surface area contributed by atoms with Crippen molar-refractivity contribution in [2.24, 2.45) is 10.4 Å². The first-order chi connectivity index (χ1) is 13.0. The molecule has 3 rings (SSSR count). The van der Waals surface area contributed by atoms with Gasteiger partial charge in [-0.2, -0.15) is 4.98 Å². The van der Waals surface area contributed by atoms with Gasteiger partial charge in [-0.1, -0.05) is 38.1 Å². The highest BCUT2D eigenvalue weighted by Gasteiger charge is 2.30. The van der Waals surface area contributed by atoms with Crippen LogP contribution in [0.1, 0.15) is 45.5 Å². The van der Waals surface area contributed by atoms with E-state index in [4.69, 9.17) is 9.52 Å². The van der Waals surface area contributed by atoms with Crippen LogP contribution in [-0.4, -0.2) is 47.2 Å². The highest BCUT2D eigenvalue weighted by molar-refractivity contribution is 5.80. The summed E-state index contributed by atoms with van der Waals surface area (Å²) in [5, 5.41) is 7.39. The first-order valence-electron chi connectivity index (χ1n) is 9.96. The number of hydrogen-bond donors (Lipinski definition) is 1. The van der Waals surface area contributed by atoms with E-state index in [-0.39, 0.29) is 0 Å². The summed E-state index contributed by atoms with van der Waals surface area (Å²) >= 11 is 0. The van der Waals surface area contributed by atoms with E-state index in [0.717, 1.165) is 56.4 Å². The number of likely N-dealkylation sites (tertiary alicyclic amines) is 1. The van der Waals surface area contributed by atoms with Crippen molar-refractivity contribution in [1.82, 2.24) is 20.4 Å². The maximum absolute atomic E-state index is 5.30. The van der Waals surface area contributed by atoms with Gasteiger partial charge in [-0.15, -0.1) is 0 Å². The van der Waals surface area contributed by atoms with Crippen LogP contribution in [0.3, 0.4) is 0 Å². The largest absolute Gasteiger partial charge is 0.357 e. The molecule has 0 saturated carbocycles. The van der Waals surface area contributed by atoms with E-state index in [1.807, 2.05) is 19.1 Å². The number of aromatic nitrogens is 2. The third-order valence-corrected chi connectivity index (χ3v) is 4.96. The van der Waals surface area contributed by atoms with E-state index >= 15 is 0 Å². The molecule has 1 fully saturated rings. The van der Waals surface area contributed by atoms with Crippen LogP contribution < -0.4 is 5.32 Å². The summed E-state index contributed by atoms with van der Waals surface area (Å²) in [6, 6.07) is 8.32. The fourth-order valence-electron chi connectivity index (χ4n) is 3.34. The van der Waals surface area contributed by atoms with Gasteiger partial charge < -0.3 is 14.7 Å². The topological polar surface area (TPSA) is 66.5 Å². The number of aliphatic imine (C=N–C) groups is 1. The summed E-state index contributed by atoms with van der Waals surface area (Å²) in [5.74, 6) is 2.37. The lowest BCUT2D eigenvalue weighted by Gasteiger charge is -2.23. The van der Waals surface area contributed by atoms with E-state index in [9.17, 15) is 0 Å². The molecule has 0 unspecified atom stereocenters. The molecule has 146 valence electrons. The Kier molecular flexibility index (Phi) is 6.14. The van der Waals surface area contributed by atoms with Crippen LogP contribution in [0, 0.1) is 5.41 Å². The highest BCUT2D eigenvalue weighted by Crippen LogP contribution is 2.28. The molecule has 27 heavy (non-hydrogen) atoms. The SMILES string of the molecule is CCNC(=NCCc1ccc(-c2nc(CC)no2)cc1)N1CCC(C)(C)C1. The fraction of sp³-hybridized carbons (Fsp3) is 0.571. The first kappa shape index (κ1) is 19.4. The Morgan fingerprint density at radius 1 is 1.26 bits per heavy atom. The van der Waals surface area contributed by atoms with Crippen molar-refractivity contribution in [3.05, 3.63) is 35.7 Å². The summed E-state index contributed by atoms with van der Waals surface area (Å²) in [6.45, 7) is 12.6. The highest BCUT2D eigenvalue weighted by atomic mass is 16.5. The average molecular weight is 370 g/mol. The predicted octanol–water partition coefficient (Wildman–Crippen LogP) is 3.54. The van der Waals surface area contributed by atoms with Crippen molar-refractivity contribution < 1.29 is 4.52 Å². The Bertz CT molecular complexity index is 763. The van der Waals surface area contributed by atoms with Crippen LogP contribution in [0.5, 0.6) is 0 Å². The molecule has 2 aromatic rings. The molecular weight excluding hydrogens is 338 g/mol. The van der Waals surface area contributed by atoms with Gasteiger partial charge in [-0.25, -0.2) is 0 Å². The fourth-order valence-corrected chi connectivity index (χ4v) is 3.34. The average Bonchev–Trinajstić information content (AvgIpc) is 3.28. The maximum Gasteiger partial charge on any atom is 0.257 e. The van der Waals surface area contributed by atoms with Crippen molar-refractivity contribution in [3.8, 4) is 11.5 Å². The third-order valence-electron chi connectivity index (χ3n) is 4.96. The lowest BCUT2D eigenvalue weighted by molar-refractivity contribution is 0.370. The molecule has 2 heterocycles. The van der Waals surface area contributed by atoms with Crippen molar-refractivity contribution >= 4 is 5.96 Å². The van der Waals surface area contributed by atoms with Gasteiger partial charge in [0.05, 0.1) is 0 Å². The van der Waals surface area contributed by atoms with Gasteiger partial charge in [0.1, 0.15) is 0 Å². The third kappa shape index (κ3) is 5.08. The number of nitrogens with one attached hydrogen (secondary N) is 1. The summed E-state index contributed by atoms with van der Waals surface area (Å²) in [7, 11) is 0. The lowest BCUT2D eigenvalue weighted by atomic mass is 9.93. The summed E-state index contributed by atoms with van der Waals surface area (Å²) in [4.78, 5) is 11.6. The van der Waals surface area contributed by atoms with Crippen LogP contribution in [0.2, 0.25) is 0 Å². The number of benzene rings is 1. The second-order valence-corrected chi connectivity index (χ2v) is 7.89. The molecule has 1 N–H and O–H groups in total. The molecule has 0 bridgehead atoms. The quantitative estimate of drug-likeness (QED) is 0.623. The van der Waals surface area contributed by atoms with E-state index < -0.39 is 0 Å². The Morgan fingerprint density at radius 2 is 2.04 bits per heavy atom. The van der Waals surface area contributed by atoms with Gasteiger partial charge in [0, 0.05) is 38.2 Å². The smallest absolute Gasteiger partial charge is 0.257 e. The number of nitrogens with zero attached hydrogens (tertiary/aromatic N) is 4. The molecular formula is C21H31N5O. The summed E-state index contributed by atoms with van der Waals surface area (Å²) in [5.41, 5.74) is 2.59. The molecule has 0 spiro atoms. The predicted molar refractivity (Wildman–Crippen MR) is 109 cm³/mol. The van der Waals surface area contributed by atoms with Gasteiger partial charge in [0.25, 0.3) is 5.89 Å². The van der Waals surface area contributed by atoms with Crippen molar-refractivity contribution in [2.75, 3.05) is 26.2 Å².